The average molecular weight is 609 g/mol. The summed E-state index contributed by atoms with van der Waals surface area (Å²) in [6.45, 7) is 14.5. The van der Waals surface area contributed by atoms with E-state index in [0.29, 0.717) is 32.1 Å². The number of nitrogens with two attached hydrogens (primary N) is 1. The Kier molecular flexibility index (Phi) is 10.2. The minimum atomic E-state index is -0.585. The summed E-state index contributed by atoms with van der Waals surface area (Å²) in [7, 11) is 0. The molecule has 4 saturated carbocycles. The highest BCUT2D eigenvalue weighted by Crippen LogP contribution is 2.68. The van der Waals surface area contributed by atoms with Crippen molar-refractivity contribution < 1.29 is 29.3 Å². The molecule has 0 aliphatic heterocycles. The molecule has 0 aromatic heterocycles. The van der Waals surface area contributed by atoms with Gasteiger partial charge in [-0.3, -0.25) is 14.4 Å². The van der Waals surface area contributed by atoms with Crippen molar-refractivity contribution in [2.75, 3.05) is 5.75 Å². The van der Waals surface area contributed by atoms with E-state index in [2.05, 4.69) is 39.9 Å². The first-order valence-corrected chi connectivity index (χ1v) is 17.4. The van der Waals surface area contributed by atoms with Crippen LogP contribution >= 0.6 is 11.8 Å². The Morgan fingerprint density at radius 1 is 1.14 bits per heavy atom. The zero-order valence-electron chi connectivity index (χ0n) is 26.9. The van der Waals surface area contributed by atoms with E-state index < -0.39 is 35.2 Å². The fourth-order valence-corrected chi connectivity index (χ4v) is 10.2. The molecule has 0 saturated heterocycles. The Hall–Kier alpha value is -1.16. The van der Waals surface area contributed by atoms with Crippen molar-refractivity contribution in [3.8, 4) is 0 Å². The van der Waals surface area contributed by atoms with Gasteiger partial charge in [-0.05, 0) is 80.0 Å². The standard InChI is InChI=1S/C33H56N2O6S/c1-8-31(6)16-25(32(7)19(4)11-13-33(20(5)29(31)39)14-12-23(37)28(32)33)41-26(38)17-42-24-15-21(9-10-22(24)36)35-30(40)27(34)18(2)3/h18-22,24-25,27-29,36,39H,8-17,34H2,1-7H3,(H,35,40)/t19?,20-,21+,22-,24+,25+,27-,28-,29-,31+,32-,33?/m0/s1. The van der Waals surface area contributed by atoms with E-state index in [-0.39, 0.29) is 63.8 Å². The van der Waals surface area contributed by atoms with Crippen LogP contribution in [0.4, 0.5) is 0 Å². The quantitative estimate of drug-likeness (QED) is 0.300. The number of nitrogens with one attached hydrogen (secondary N) is 1. The second kappa shape index (κ2) is 12.7. The molecule has 5 N–H and O–H groups in total. The molecule has 2 unspecified atom stereocenters. The summed E-state index contributed by atoms with van der Waals surface area (Å²) in [5.41, 5.74) is 4.81. The summed E-state index contributed by atoms with van der Waals surface area (Å²) in [6.07, 6.45) is 4.61. The number of aliphatic hydroxyl groups excluding tert-OH is 2. The summed E-state index contributed by atoms with van der Waals surface area (Å²) in [5, 5.41) is 25.3. The fourth-order valence-electron chi connectivity index (χ4n) is 9.10. The summed E-state index contributed by atoms with van der Waals surface area (Å²) in [6, 6.07) is -0.673. The second-order valence-corrected chi connectivity index (χ2v) is 16.3. The molecular formula is C33H56N2O6S. The maximum absolute atomic E-state index is 13.6. The number of ether oxygens (including phenoxy) is 1. The lowest BCUT2D eigenvalue weighted by molar-refractivity contribution is -0.211. The number of amides is 1. The largest absolute Gasteiger partial charge is 0.461 e. The molecule has 9 heteroatoms. The molecule has 2 bridgehead atoms. The lowest BCUT2D eigenvalue weighted by atomic mass is 9.43. The number of carbonyl (C=O) groups is 3. The van der Waals surface area contributed by atoms with Crippen LogP contribution in [0.15, 0.2) is 0 Å². The van der Waals surface area contributed by atoms with Crippen LogP contribution in [0.5, 0.6) is 0 Å². The van der Waals surface area contributed by atoms with Gasteiger partial charge in [0.25, 0.3) is 0 Å². The number of Topliss-reactive ketones (excluding diaryl/α,β-unsaturated/α-hetero) is 1. The summed E-state index contributed by atoms with van der Waals surface area (Å²) >= 11 is 1.38. The van der Waals surface area contributed by atoms with Crippen molar-refractivity contribution in [3.05, 3.63) is 0 Å². The van der Waals surface area contributed by atoms with E-state index in [4.69, 9.17) is 10.5 Å². The van der Waals surface area contributed by atoms with Gasteiger partial charge in [-0.15, -0.1) is 11.8 Å². The number of thioether (sulfide) groups is 1. The fraction of sp³-hybridized carbons (Fsp3) is 0.909. The van der Waals surface area contributed by atoms with Crippen molar-refractivity contribution in [1.82, 2.24) is 5.32 Å². The maximum Gasteiger partial charge on any atom is 0.316 e. The molecule has 4 aliphatic rings. The Balaban J connectivity index is 1.50. The third-order valence-corrected chi connectivity index (χ3v) is 13.9. The molecule has 0 spiro atoms. The van der Waals surface area contributed by atoms with Crippen LogP contribution in [-0.2, 0) is 19.1 Å². The molecule has 0 aromatic carbocycles. The van der Waals surface area contributed by atoms with Crippen LogP contribution in [0.2, 0.25) is 0 Å². The Morgan fingerprint density at radius 2 is 1.83 bits per heavy atom. The first-order valence-electron chi connectivity index (χ1n) is 16.4. The van der Waals surface area contributed by atoms with E-state index in [9.17, 15) is 24.6 Å². The van der Waals surface area contributed by atoms with Crippen LogP contribution in [0.25, 0.3) is 0 Å². The van der Waals surface area contributed by atoms with Crippen molar-refractivity contribution in [1.29, 1.82) is 0 Å². The molecular weight excluding hydrogens is 552 g/mol. The molecule has 240 valence electrons. The van der Waals surface area contributed by atoms with E-state index in [1.807, 2.05) is 13.8 Å². The molecule has 4 fully saturated rings. The highest BCUT2D eigenvalue weighted by atomic mass is 32.2. The number of rotatable bonds is 8. The Labute approximate surface area is 257 Å². The lowest BCUT2D eigenvalue weighted by Crippen LogP contribution is -2.63. The molecule has 1 amide bonds. The van der Waals surface area contributed by atoms with Crippen LogP contribution in [-0.4, -0.2) is 69.3 Å². The molecule has 0 heterocycles. The van der Waals surface area contributed by atoms with Gasteiger partial charge in [-0.2, -0.15) is 0 Å². The smallest absolute Gasteiger partial charge is 0.316 e. The van der Waals surface area contributed by atoms with Gasteiger partial charge in [-0.1, -0.05) is 48.5 Å². The summed E-state index contributed by atoms with van der Waals surface area (Å²) in [5.74, 6) is -0.183. The van der Waals surface area contributed by atoms with Crippen LogP contribution < -0.4 is 11.1 Å². The highest BCUT2D eigenvalue weighted by Gasteiger charge is 2.68. The third kappa shape index (κ3) is 5.93. The zero-order chi connectivity index (χ0) is 31.2. The molecule has 0 radical (unpaired) electrons. The SMILES string of the molecule is CC[C@]1(C)C[C@@H](OC(=O)CS[C@@H]2C[C@H](NC(=O)[C@@H](N)C(C)C)CC[C@@H]2O)[C@]2(C)C(C)CCC3(CCC(=O)[C@H]32)[C@@H](C)[C@@H]1O. The minimum Gasteiger partial charge on any atom is -0.461 e. The number of carbonyl (C=O) groups excluding carboxylic acids is 3. The van der Waals surface area contributed by atoms with Crippen LogP contribution in [0.1, 0.15) is 106 Å². The molecule has 0 aromatic rings. The summed E-state index contributed by atoms with van der Waals surface area (Å²) < 4.78 is 6.40. The highest BCUT2D eigenvalue weighted by molar-refractivity contribution is 8.00. The van der Waals surface area contributed by atoms with Crippen LogP contribution in [0.3, 0.4) is 0 Å². The maximum atomic E-state index is 13.6. The summed E-state index contributed by atoms with van der Waals surface area (Å²) in [4.78, 5) is 39.7. The molecule has 4 rings (SSSR count). The zero-order valence-corrected chi connectivity index (χ0v) is 27.7. The van der Waals surface area contributed by atoms with Crippen molar-refractivity contribution >= 4 is 29.4 Å². The van der Waals surface area contributed by atoms with E-state index in [0.717, 1.165) is 25.7 Å². The van der Waals surface area contributed by atoms with Gasteiger partial charge in [0.2, 0.25) is 5.91 Å². The molecule has 4 aliphatic carbocycles. The number of ketones is 1. The topological polar surface area (TPSA) is 139 Å². The van der Waals surface area contributed by atoms with Crippen LogP contribution in [0, 0.1) is 39.9 Å². The van der Waals surface area contributed by atoms with E-state index in [1.165, 1.54) is 11.8 Å². The van der Waals surface area contributed by atoms with E-state index >= 15 is 0 Å². The van der Waals surface area contributed by atoms with Gasteiger partial charge >= 0.3 is 5.97 Å². The third-order valence-electron chi connectivity index (χ3n) is 12.5. The molecule has 8 nitrogen and oxygen atoms in total. The molecule has 42 heavy (non-hydrogen) atoms. The van der Waals surface area contributed by atoms with Gasteiger partial charge in [0.05, 0.1) is 24.0 Å². The predicted molar refractivity (Wildman–Crippen MR) is 166 cm³/mol. The normalized spacial score (nSPS) is 44.6. The minimum absolute atomic E-state index is 0.00533. The van der Waals surface area contributed by atoms with Crippen molar-refractivity contribution in [2.45, 2.75) is 142 Å². The Bertz CT molecular complexity index is 1020. The van der Waals surface area contributed by atoms with Gasteiger partial charge in [0.1, 0.15) is 11.9 Å². The van der Waals surface area contributed by atoms with Gasteiger partial charge in [-0.25, -0.2) is 0 Å². The van der Waals surface area contributed by atoms with Gasteiger partial charge in [0.15, 0.2) is 0 Å². The first kappa shape index (κ1) is 33.7. The number of esters is 1. The monoisotopic (exact) mass is 608 g/mol. The van der Waals surface area contributed by atoms with Gasteiger partial charge < -0.3 is 26.0 Å². The van der Waals surface area contributed by atoms with Crippen molar-refractivity contribution in [2.24, 2.45) is 45.7 Å². The Morgan fingerprint density at radius 3 is 2.48 bits per heavy atom. The average Bonchev–Trinajstić information content (AvgIpc) is 3.31. The first-order chi connectivity index (χ1) is 19.6. The number of hydrogen-bond donors (Lipinski definition) is 4. The number of hydrogen-bond acceptors (Lipinski definition) is 8. The predicted octanol–water partition coefficient (Wildman–Crippen LogP) is 4.23. The second-order valence-electron chi connectivity index (χ2n) is 15.1. The molecule has 12 atom stereocenters. The van der Waals surface area contributed by atoms with Crippen molar-refractivity contribution in [3.63, 3.8) is 0 Å². The lowest BCUT2D eigenvalue weighted by Gasteiger charge is -2.62. The number of aliphatic hydroxyl groups is 2. The van der Waals surface area contributed by atoms with E-state index in [1.54, 1.807) is 0 Å². The van der Waals surface area contributed by atoms with Gasteiger partial charge in [0, 0.05) is 29.0 Å².